The van der Waals surface area contributed by atoms with Crippen molar-refractivity contribution in [3.05, 3.63) is 90.0 Å². The topological polar surface area (TPSA) is 66.5 Å². The summed E-state index contributed by atoms with van der Waals surface area (Å²) in [6.07, 6.45) is 0.126. The van der Waals surface area contributed by atoms with Crippen LogP contribution in [-0.2, 0) is 16.0 Å². The van der Waals surface area contributed by atoms with Crippen molar-refractivity contribution in [3.63, 3.8) is 0 Å². The third-order valence-corrected chi connectivity index (χ3v) is 4.71. The zero-order valence-corrected chi connectivity index (χ0v) is 15.1. The molecule has 0 spiro atoms. The van der Waals surface area contributed by atoms with E-state index < -0.39 is 11.8 Å². The lowest BCUT2D eigenvalue weighted by atomic mass is 9.98. The summed E-state index contributed by atoms with van der Waals surface area (Å²) < 4.78 is 0. The van der Waals surface area contributed by atoms with Crippen LogP contribution in [-0.4, -0.2) is 29.2 Å². The molecule has 0 aliphatic carbocycles. The molecule has 0 fully saturated rings. The number of amides is 3. The maximum Gasteiger partial charge on any atom is 0.261 e. The second-order valence-corrected chi connectivity index (χ2v) is 6.61. The molecule has 1 heterocycles. The Bertz CT molecular complexity index is 1040. The van der Waals surface area contributed by atoms with Gasteiger partial charge in [-0.2, -0.15) is 0 Å². The van der Waals surface area contributed by atoms with Gasteiger partial charge in [-0.05, 0) is 34.9 Å². The van der Waals surface area contributed by atoms with Gasteiger partial charge in [0.15, 0.2) is 0 Å². The number of nitrogens with zero attached hydrogens (tertiary/aromatic N) is 1. The van der Waals surface area contributed by atoms with Crippen LogP contribution in [0.5, 0.6) is 0 Å². The van der Waals surface area contributed by atoms with Crippen molar-refractivity contribution in [2.45, 2.75) is 6.42 Å². The summed E-state index contributed by atoms with van der Waals surface area (Å²) in [4.78, 5) is 38.2. The molecule has 0 atom stereocenters. The van der Waals surface area contributed by atoms with Crippen molar-refractivity contribution in [2.24, 2.45) is 0 Å². The highest BCUT2D eigenvalue weighted by Gasteiger charge is 2.31. The predicted molar refractivity (Wildman–Crippen MR) is 107 cm³/mol. The molecule has 4 rings (SSSR count). The Kier molecular flexibility index (Phi) is 4.72. The number of hydrogen-bond acceptors (Lipinski definition) is 3. The second kappa shape index (κ2) is 7.48. The van der Waals surface area contributed by atoms with Crippen LogP contribution in [0.3, 0.4) is 0 Å². The molecule has 0 aromatic heterocycles. The molecule has 3 aromatic rings. The fourth-order valence-electron chi connectivity index (χ4n) is 3.28. The van der Waals surface area contributed by atoms with Crippen molar-refractivity contribution in [1.82, 2.24) is 4.90 Å². The second-order valence-electron chi connectivity index (χ2n) is 6.61. The van der Waals surface area contributed by atoms with E-state index in [9.17, 15) is 14.4 Å². The maximum absolute atomic E-state index is 12.5. The minimum absolute atomic E-state index is 0.126. The molecule has 28 heavy (non-hydrogen) atoms. The molecule has 5 heteroatoms. The van der Waals surface area contributed by atoms with Crippen LogP contribution in [0, 0.1) is 0 Å². The van der Waals surface area contributed by atoms with E-state index in [4.69, 9.17) is 0 Å². The summed E-state index contributed by atoms with van der Waals surface area (Å²) >= 11 is 0. The van der Waals surface area contributed by atoms with Crippen molar-refractivity contribution in [1.29, 1.82) is 0 Å². The highest BCUT2D eigenvalue weighted by atomic mass is 16.2. The van der Waals surface area contributed by atoms with E-state index in [1.807, 2.05) is 42.5 Å². The summed E-state index contributed by atoms with van der Waals surface area (Å²) in [5.41, 5.74) is 3.91. The first-order valence-electron chi connectivity index (χ1n) is 9.00. The molecule has 0 unspecified atom stereocenters. The van der Waals surface area contributed by atoms with Gasteiger partial charge in [-0.3, -0.25) is 19.3 Å². The van der Waals surface area contributed by atoms with E-state index in [1.165, 1.54) is 0 Å². The first-order chi connectivity index (χ1) is 13.6. The Morgan fingerprint density at radius 3 is 2.21 bits per heavy atom. The number of fused-ring (bicyclic) bond motifs is 1. The van der Waals surface area contributed by atoms with Gasteiger partial charge < -0.3 is 5.32 Å². The Balaban J connectivity index is 1.43. The molecule has 0 bridgehead atoms. The standard InChI is InChI=1S/C23H18N2O3/c26-21(15-25-22(27)14-18-8-4-5-9-20(18)23(25)28)24-19-12-10-17(11-13-19)16-6-2-1-3-7-16/h1-13H,14-15H2,(H,24,26). The Morgan fingerprint density at radius 1 is 0.821 bits per heavy atom. The first kappa shape index (κ1) is 17.7. The van der Waals surface area contributed by atoms with E-state index in [-0.39, 0.29) is 18.9 Å². The monoisotopic (exact) mass is 370 g/mol. The Hall–Kier alpha value is -3.73. The normalized spacial score (nSPS) is 13.2. The van der Waals surface area contributed by atoms with Crippen LogP contribution in [0.2, 0.25) is 0 Å². The van der Waals surface area contributed by atoms with Gasteiger partial charge in [0.2, 0.25) is 11.8 Å². The van der Waals surface area contributed by atoms with Gasteiger partial charge in [0.05, 0.1) is 6.42 Å². The fourth-order valence-corrected chi connectivity index (χ4v) is 3.28. The quantitative estimate of drug-likeness (QED) is 0.715. The molecule has 1 aliphatic heterocycles. The van der Waals surface area contributed by atoms with E-state index in [0.717, 1.165) is 16.0 Å². The third-order valence-electron chi connectivity index (χ3n) is 4.71. The molecule has 0 radical (unpaired) electrons. The van der Waals surface area contributed by atoms with Gasteiger partial charge >= 0.3 is 0 Å². The van der Waals surface area contributed by atoms with Gasteiger partial charge in [-0.25, -0.2) is 0 Å². The molecular weight excluding hydrogens is 352 g/mol. The van der Waals surface area contributed by atoms with E-state index >= 15 is 0 Å². The number of carbonyl (C=O) groups is 3. The number of nitrogens with one attached hydrogen (secondary N) is 1. The minimum Gasteiger partial charge on any atom is -0.325 e. The average molecular weight is 370 g/mol. The molecular formula is C23H18N2O3. The maximum atomic E-state index is 12.5. The lowest BCUT2D eigenvalue weighted by Crippen LogP contribution is -2.46. The molecule has 1 aliphatic rings. The van der Waals surface area contributed by atoms with Crippen molar-refractivity contribution < 1.29 is 14.4 Å². The molecule has 5 nitrogen and oxygen atoms in total. The summed E-state index contributed by atoms with van der Waals surface area (Å²) in [5, 5.41) is 2.75. The zero-order chi connectivity index (χ0) is 19.5. The van der Waals surface area contributed by atoms with Crippen LogP contribution in [0.4, 0.5) is 5.69 Å². The van der Waals surface area contributed by atoms with Crippen LogP contribution in [0.15, 0.2) is 78.9 Å². The van der Waals surface area contributed by atoms with Gasteiger partial charge in [0.25, 0.3) is 5.91 Å². The molecule has 0 saturated heterocycles. The van der Waals surface area contributed by atoms with Crippen LogP contribution in [0.25, 0.3) is 11.1 Å². The number of benzene rings is 3. The molecule has 0 saturated carbocycles. The fraction of sp³-hybridized carbons (Fsp3) is 0.0870. The average Bonchev–Trinajstić information content (AvgIpc) is 2.72. The van der Waals surface area contributed by atoms with E-state index in [1.54, 1.807) is 36.4 Å². The lowest BCUT2D eigenvalue weighted by molar-refractivity contribution is -0.131. The first-order valence-corrected chi connectivity index (χ1v) is 9.00. The molecule has 3 amide bonds. The van der Waals surface area contributed by atoms with Crippen molar-refractivity contribution in [2.75, 3.05) is 11.9 Å². The van der Waals surface area contributed by atoms with Gasteiger partial charge in [-0.1, -0.05) is 60.7 Å². The van der Waals surface area contributed by atoms with Crippen LogP contribution in [0.1, 0.15) is 15.9 Å². The zero-order valence-electron chi connectivity index (χ0n) is 15.1. The van der Waals surface area contributed by atoms with Crippen molar-refractivity contribution >= 4 is 23.4 Å². The summed E-state index contributed by atoms with van der Waals surface area (Å²) in [6.45, 7) is -0.299. The SMILES string of the molecule is O=C(CN1C(=O)Cc2ccccc2C1=O)Nc1ccc(-c2ccccc2)cc1. The van der Waals surface area contributed by atoms with Crippen LogP contribution < -0.4 is 5.32 Å². The summed E-state index contributed by atoms with van der Waals surface area (Å²) in [5.74, 6) is -1.20. The molecule has 138 valence electrons. The number of rotatable bonds is 4. The number of anilines is 1. The third kappa shape index (κ3) is 3.55. The highest BCUT2D eigenvalue weighted by Crippen LogP contribution is 2.22. The van der Waals surface area contributed by atoms with E-state index in [2.05, 4.69) is 5.32 Å². The lowest BCUT2D eigenvalue weighted by Gasteiger charge is -2.26. The minimum atomic E-state index is -0.429. The molecule has 3 aromatic carbocycles. The van der Waals surface area contributed by atoms with Crippen LogP contribution >= 0.6 is 0 Å². The summed E-state index contributed by atoms with van der Waals surface area (Å²) in [7, 11) is 0. The van der Waals surface area contributed by atoms with Gasteiger partial charge in [0.1, 0.15) is 6.54 Å². The largest absolute Gasteiger partial charge is 0.325 e. The van der Waals surface area contributed by atoms with Gasteiger partial charge in [-0.15, -0.1) is 0 Å². The molecule has 1 N–H and O–H groups in total. The Labute approximate surface area is 162 Å². The predicted octanol–water partition coefficient (Wildman–Crippen LogP) is 3.52. The smallest absolute Gasteiger partial charge is 0.261 e. The van der Waals surface area contributed by atoms with E-state index in [0.29, 0.717) is 16.8 Å². The summed E-state index contributed by atoms with van der Waals surface area (Å²) in [6, 6.07) is 24.3. The number of carbonyl (C=O) groups excluding carboxylic acids is 3. The van der Waals surface area contributed by atoms with Gasteiger partial charge in [0, 0.05) is 11.3 Å². The number of imide groups is 1. The Morgan fingerprint density at radius 2 is 1.46 bits per heavy atom. The number of hydrogen-bond donors (Lipinski definition) is 1. The highest BCUT2D eigenvalue weighted by molar-refractivity contribution is 6.12. The van der Waals surface area contributed by atoms with Crippen molar-refractivity contribution in [3.8, 4) is 11.1 Å².